The minimum atomic E-state index is -0.457. The largest absolute Gasteiger partial charge is 0.390 e. The van der Waals surface area contributed by atoms with Gasteiger partial charge in [0.1, 0.15) is 11.5 Å². The SMILES string of the molecule is OCc1cn(Cc2cccc(F)c2Cl)nn1. The molecular formula is C10H9ClFN3O. The Bertz CT molecular complexity index is 501. The van der Waals surface area contributed by atoms with Gasteiger partial charge in [0.15, 0.2) is 0 Å². The molecule has 0 spiro atoms. The Hall–Kier alpha value is -1.46. The number of aromatic nitrogens is 3. The summed E-state index contributed by atoms with van der Waals surface area (Å²) >= 11 is 5.80. The second kappa shape index (κ2) is 4.59. The Morgan fingerprint density at radius 3 is 2.94 bits per heavy atom. The highest BCUT2D eigenvalue weighted by Gasteiger charge is 2.07. The number of benzene rings is 1. The standard InChI is InChI=1S/C10H9ClFN3O/c11-10-7(2-1-3-9(10)12)4-15-5-8(6-16)13-14-15/h1-3,5,16H,4,6H2. The fourth-order valence-corrected chi connectivity index (χ4v) is 1.52. The van der Waals surface area contributed by atoms with E-state index in [2.05, 4.69) is 10.3 Å². The molecule has 0 radical (unpaired) electrons. The van der Waals surface area contributed by atoms with E-state index in [4.69, 9.17) is 16.7 Å². The average Bonchev–Trinajstić information content (AvgIpc) is 2.73. The molecule has 0 aliphatic heterocycles. The second-order valence-corrected chi connectivity index (χ2v) is 3.66. The molecule has 0 atom stereocenters. The maximum Gasteiger partial charge on any atom is 0.142 e. The zero-order valence-corrected chi connectivity index (χ0v) is 9.02. The number of aliphatic hydroxyl groups excluding tert-OH is 1. The summed E-state index contributed by atoms with van der Waals surface area (Å²) in [5, 5.41) is 16.4. The Morgan fingerprint density at radius 1 is 1.44 bits per heavy atom. The molecular weight excluding hydrogens is 233 g/mol. The Labute approximate surface area is 96.3 Å². The van der Waals surface area contributed by atoms with Crippen LogP contribution in [0.4, 0.5) is 4.39 Å². The lowest BCUT2D eigenvalue weighted by Gasteiger charge is -2.04. The van der Waals surface area contributed by atoms with Gasteiger partial charge in [-0.15, -0.1) is 5.10 Å². The third-order valence-corrected chi connectivity index (χ3v) is 2.54. The van der Waals surface area contributed by atoms with Crippen LogP contribution in [0.2, 0.25) is 5.02 Å². The number of hydrogen-bond donors (Lipinski definition) is 1. The molecule has 1 aromatic carbocycles. The monoisotopic (exact) mass is 241 g/mol. The zero-order chi connectivity index (χ0) is 11.5. The molecule has 6 heteroatoms. The molecule has 0 unspecified atom stereocenters. The van der Waals surface area contributed by atoms with Crippen molar-refractivity contribution in [3.63, 3.8) is 0 Å². The highest BCUT2D eigenvalue weighted by molar-refractivity contribution is 6.31. The minimum absolute atomic E-state index is 0.0866. The van der Waals surface area contributed by atoms with Gasteiger partial charge in [0, 0.05) is 0 Å². The van der Waals surface area contributed by atoms with E-state index < -0.39 is 5.82 Å². The van der Waals surface area contributed by atoms with Crippen LogP contribution in [0.1, 0.15) is 11.3 Å². The van der Waals surface area contributed by atoms with Crippen molar-refractivity contribution < 1.29 is 9.50 Å². The second-order valence-electron chi connectivity index (χ2n) is 3.28. The van der Waals surface area contributed by atoms with E-state index in [0.29, 0.717) is 17.8 Å². The van der Waals surface area contributed by atoms with E-state index >= 15 is 0 Å². The van der Waals surface area contributed by atoms with Crippen molar-refractivity contribution >= 4 is 11.6 Å². The van der Waals surface area contributed by atoms with Gasteiger partial charge in [-0.2, -0.15) is 0 Å². The average molecular weight is 242 g/mol. The summed E-state index contributed by atoms with van der Waals surface area (Å²) in [4.78, 5) is 0. The number of rotatable bonds is 3. The fraction of sp³-hybridized carbons (Fsp3) is 0.200. The molecule has 16 heavy (non-hydrogen) atoms. The molecule has 0 aliphatic carbocycles. The zero-order valence-electron chi connectivity index (χ0n) is 8.27. The van der Waals surface area contributed by atoms with Crippen LogP contribution < -0.4 is 0 Å². The summed E-state index contributed by atoms with van der Waals surface area (Å²) in [5.74, 6) is -0.457. The highest BCUT2D eigenvalue weighted by Crippen LogP contribution is 2.20. The molecule has 2 rings (SSSR count). The first kappa shape index (κ1) is 11.0. The first-order chi connectivity index (χ1) is 7.70. The van der Waals surface area contributed by atoms with Gasteiger partial charge < -0.3 is 5.11 Å². The third-order valence-electron chi connectivity index (χ3n) is 2.11. The van der Waals surface area contributed by atoms with E-state index in [9.17, 15) is 4.39 Å². The van der Waals surface area contributed by atoms with Gasteiger partial charge in [-0.1, -0.05) is 28.9 Å². The van der Waals surface area contributed by atoms with Crippen LogP contribution in [0, 0.1) is 5.82 Å². The third kappa shape index (κ3) is 2.20. The van der Waals surface area contributed by atoms with Gasteiger partial charge in [-0.25, -0.2) is 9.07 Å². The molecule has 0 fully saturated rings. The summed E-state index contributed by atoms with van der Waals surface area (Å²) in [6, 6.07) is 4.60. The van der Waals surface area contributed by atoms with Crippen LogP contribution in [0.5, 0.6) is 0 Å². The molecule has 1 aromatic heterocycles. The first-order valence-electron chi connectivity index (χ1n) is 4.63. The van der Waals surface area contributed by atoms with Crippen LogP contribution in [0.25, 0.3) is 0 Å². The number of hydrogen-bond acceptors (Lipinski definition) is 3. The molecule has 0 aliphatic rings. The first-order valence-corrected chi connectivity index (χ1v) is 5.01. The molecule has 1 N–H and O–H groups in total. The van der Waals surface area contributed by atoms with E-state index in [1.807, 2.05) is 0 Å². The van der Waals surface area contributed by atoms with E-state index in [0.717, 1.165) is 0 Å². The number of nitrogens with zero attached hydrogens (tertiary/aromatic N) is 3. The van der Waals surface area contributed by atoms with Crippen LogP contribution in [0.15, 0.2) is 24.4 Å². The molecule has 2 aromatic rings. The summed E-state index contributed by atoms with van der Waals surface area (Å²) < 4.78 is 14.6. The van der Waals surface area contributed by atoms with Crippen molar-refractivity contribution in [2.75, 3.05) is 0 Å². The van der Waals surface area contributed by atoms with Gasteiger partial charge in [-0.3, -0.25) is 0 Å². The van der Waals surface area contributed by atoms with Crippen molar-refractivity contribution in [1.29, 1.82) is 0 Å². The van der Waals surface area contributed by atoms with E-state index in [1.54, 1.807) is 18.3 Å². The van der Waals surface area contributed by atoms with Crippen LogP contribution >= 0.6 is 11.6 Å². The van der Waals surface area contributed by atoms with Crippen molar-refractivity contribution in [1.82, 2.24) is 15.0 Å². The minimum Gasteiger partial charge on any atom is -0.390 e. The Balaban J connectivity index is 2.23. The maximum atomic E-state index is 13.1. The highest BCUT2D eigenvalue weighted by atomic mass is 35.5. The van der Waals surface area contributed by atoms with Gasteiger partial charge in [0.25, 0.3) is 0 Å². The van der Waals surface area contributed by atoms with E-state index in [1.165, 1.54) is 10.7 Å². The molecule has 0 amide bonds. The number of halogens is 2. The lowest BCUT2D eigenvalue weighted by molar-refractivity contribution is 0.276. The summed E-state index contributed by atoms with van der Waals surface area (Å²) in [6.45, 7) is 0.153. The lowest BCUT2D eigenvalue weighted by atomic mass is 10.2. The maximum absolute atomic E-state index is 13.1. The Kier molecular flexibility index (Phi) is 3.17. The van der Waals surface area contributed by atoms with Crippen LogP contribution in [0.3, 0.4) is 0 Å². The Morgan fingerprint density at radius 2 is 2.25 bits per heavy atom. The summed E-state index contributed by atoms with van der Waals surface area (Å²) in [7, 11) is 0. The molecule has 0 saturated heterocycles. The molecule has 1 heterocycles. The van der Waals surface area contributed by atoms with Crippen molar-refractivity contribution in [2.45, 2.75) is 13.2 Å². The normalized spacial score (nSPS) is 10.7. The predicted octanol–water partition coefficient (Wildman–Crippen LogP) is 1.61. The number of aliphatic hydroxyl groups is 1. The summed E-state index contributed by atoms with van der Waals surface area (Å²) in [5.41, 5.74) is 1.09. The molecule has 0 saturated carbocycles. The van der Waals surface area contributed by atoms with Gasteiger partial charge in [-0.05, 0) is 11.6 Å². The van der Waals surface area contributed by atoms with Crippen LogP contribution in [-0.2, 0) is 13.2 Å². The quantitative estimate of drug-likeness (QED) is 0.888. The molecule has 0 bridgehead atoms. The summed E-state index contributed by atoms with van der Waals surface area (Å²) in [6.07, 6.45) is 1.58. The molecule has 84 valence electrons. The van der Waals surface area contributed by atoms with Gasteiger partial charge in [0.05, 0.1) is 24.4 Å². The van der Waals surface area contributed by atoms with Crippen molar-refractivity contribution in [2.24, 2.45) is 0 Å². The van der Waals surface area contributed by atoms with Crippen molar-refractivity contribution in [3.8, 4) is 0 Å². The van der Waals surface area contributed by atoms with Crippen molar-refractivity contribution in [3.05, 3.63) is 46.5 Å². The topological polar surface area (TPSA) is 50.9 Å². The molecule has 4 nitrogen and oxygen atoms in total. The van der Waals surface area contributed by atoms with Gasteiger partial charge in [0.2, 0.25) is 0 Å². The van der Waals surface area contributed by atoms with Gasteiger partial charge >= 0.3 is 0 Å². The lowest BCUT2D eigenvalue weighted by Crippen LogP contribution is -2.01. The predicted molar refractivity (Wildman–Crippen MR) is 56.5 cm³/mol. The van der Waals surface area contributed by atoms with Crippen LogP contribution in [-0.4, -0.2) is 20.1 Å². The smallest absolute Gasteiger partial charge is 0.142 e. The fourth-order valence-electron chi connectivity index (χ4n) is 1.33. The van der Waals surface area contributed by atoms with E-state index in [-0.39, 0.29) is 11.6 Å².